The summed E-state index contributed by atoms with van der Waals surface area (Å²) in [7, 11) is 1.64. The van der Waals surface area contributed by atoms with Crippen molar-refractivity contribution < 1.29 is 18.0 Å². The average molecular weight is 361 g/mol. The molecule has 3 rings (SSSR count). The molecule has 2 unspecified atom stereocenters. The first-order valence-corrected chi connectivity index (χ1v) is 9.16. The van der Waals surface area contributed by atoms with Crippen LogP contribution in [0.25, 0.3) is 0 Å². The standard InChI is InChI=1S/C16H22F3N3OS/c1-22(7-13-21-12(8-24-13)16(17,18)19)15(23)11-5-9-3-2-4-10(6-11)14(9)20/h8-11,14H,2-7,20H2,1H3. The van der Waals surface area contributed by atoms with Crippen molar-refractivity contribution in [3.8, 4) is 0 Å². The molecule has 2 aliphatic rings. The van der Waals surface area contributed by atoms with Crippen LogP contribution in [0.2, 0.25) is 0 Å². The number of hydrogen-bond donors (Lipinski definition) is 1. The number of fused-ring (bicyclic) bond motifs is 2. The molecule has 0 spiro atoms. The van der Waals surface area contributed by atoms with Gasteiger partial charge in [-0.3, -0.25) is 4.79 Å². The van der Waals surface area contributed by atoms with E-state index in [4.69, 9.17) is 5.73 Å². The molecule has 2 atom stereocenters. The lowest BCUT2D eigenvalue weighted by atomic mass is 9.65. The van der Waals surface area contributed by atoms with Crippen LogP contribution in [-0.2, 0) is 17.5 Å². The van der Waals surface area contributed by atoms with Crippen molar-refractivity contribution in [1.29, 1.82) is 0 Å². The molecule has 0 radical (unpaired) electrons. The molecule has 2 aliphatic carbocycles. The number of thiazole rings is 1. The molecule has 1 heterocycles. The maximum absolute atomic E-state index is 12.7. The smallest absolute Gasteiger partial charge is 0.339 e. The van der Waals surface area contributed by atoms with Crippen molar-refractivity contribution in [1.82, 2.24) is 9.88 Å². The summed E-state index contributed by atoms with van der Waals surface area (Å²) in [6.07, 6.45) is 0.492. The lowest BCUT2D eigenvalue weighted by Crippen LogP contribution is -2.49. The average Bonchev–Trinajstić information content (AvgIpc) is 2.95. The summed E-state index contributed by atoms with van der Waals surface area (Å²) in [5.41, 5.74) is 5.36. The van der Waals surface area contributed by atoms with Crippen LogP contribution in [-0.4, -0.2) is 28.9 Å². The van der Waals surface area contributed by atoms with E-state index in [1.165, 1.54) is 11.3 Å². The zero-order chi connectivity index (χ0) is 17.5. The number of aromatic nitrogens is 1. The summed E-state index contributed by atoms with van der Waals surface area (Å²) in [6, 6.07) is 0.196. The number of alkyl halides is 3. The monoisotopic (exact) mass is 361 g/mol. The Morgan fingerprint density at radius 3 is 2.54 bits per heavy atom. The number of nitrogens with two attached hydrogens (primary N) is 1. The number of carbonyl (C=O) groups excluding carboxylic acids is 1. The quantitative estimate of drug-likeness (QED) is 0.899. The summed E-state index contributed by atoms with van der Waals surface area (Å²) in [5.74, 6) is 0.739. The van der Waals surface area contributed by atoms with Gasteiger partial charge in [-0.15, -0.1) is 11.3 Å². The summed E-state index contributed by atoms with van der Waals surface area (Å²) in [5, 5.41) is 1.31. The molecule has 0 saturated heterocycles. The van der Waals surface area contributed by atoms with E-state index in [9.17, 15) is 18.0 Å². The van der Waals surface area contributed by atoms with E-state index < -0.39 is 11.9 Å². The molecule has 1 aromatic heterocycles. The summed E-state index contributed by atoms with van der Waals surface area (Å²) in [4.78, 5) is 17.8. The Morgan fingerprint density at radius 2 is 2.00 bits per heavy atom. The molecule has 8 heteroatoms. The summed E-state index contributed by atoms with van der Waals surface area (Å²) in [6.45, 7) is 0.122. The topological polar surface area (TPSA) is 59.2 Å². The van der Waals surface area contributed by atoms with Crippen LogP contribution in [0.1, 0.15) is 42.8 Å². The molecule has 24 heavy (non-hydrogen) atoms. The first kappa shape index (κ1) is 17.7. The highest BCUT2D eigenvalue weighted by Crippen LogP contribution is 2.42. The second-order valence-corrected chi connectivity index (χ2v) is 7.96. The highest BCUT2D eigenvalue weighted by Gasteiger charge is 2.41. The molecule has 2 bridgehead atoms. The molecule has 1 aromatic rings. The Hall–Kier alpha value is -1.15. The van der Waals surface area contributed by atoms with E-state index in [1.807, 2.05) is 0 Å². The van der Waals surface area contributed by atoms with Crippen LogP contribution in [0, 0.1) is 17.8 Å². The second-order valence-electron chi connectivity index (χ2n) is 7.02. The van der Waals surface area contributed by atoms with Gasteiger partial charge in [-0.2, -0.15) is 13.2 Å². The Kier molecular flexibility index (Phi) is 4.88. The first-order chi connectivity index (χ1) is 11.3. The molecule has 134 valence electrons. The van der Waals surface area contributed by atoms with Gasteiger partial charge in [0.2, 0.25) is 5.91 Å². The van der Waals surface area contributed by atoms with E-state index in [0.717, 1.165) is 42.4 Å². The fourth-order valence-corrected chi connectivity index (χ4v) is 4.95. The van der Waals surface area contributed by atoms with Gasteiger partial charge in [-0.1, -0.05) is 6.42 Å². The fourth-order valence-electron chi connectivity index (χ4n) is 4.10. The van der Waals surface area contributed by atoms with E-state index in [0.29, 0.717) is 16.8 Å². The zero-order valence-electron chi connectivity index (χ0n) is 13.6. The van der Waals surface area contributed by atoms with E-state index in [1.54, 1.807) is 7.05 Å². The van der Waals surface area contributed by atoms with Gasteiger partial charge in [0.05, 0.1) is 6.54 Å². The minimum atomic E-state index is -4.44. The van der Waals surface area contributed by atoms with Gasteiger partial charge in [0.15, 0.2) is 5.69 Å². The van der Waals surface area contributed by atoms with Gasteiger partial charge in [0.25, 0.3) is 0 Å². The number of nitrogens with zero attached hydrogens (tertiary/aromatic N) is 2. The lowest BCUT2D eigenvalue weighted by Gasteiger charge is -2.44. The van der Waals surface area contributed by atoms with Gasteiger partial charge in [0.1, 0.15) is 5.01 Å². The molecule has 2 fully saturated rings. The number of rotatable bonds is 3. The van der Waals surface area contributed by atoms with E-state index in [-0.39, 0.29) is 24.4 Å². The van der Waals surface area contributed by atoms with Gasteiger partial charge >= 0.3 is 6.18 Å². The number of hydrogen-bond acceptors (Lipinski definition) is 4. The van der Waals surface area contributed by atoms with Crippen LogP contribution < -0.4 is 5.73 Å². The Morgan fingerprint density at radius 1 is 1.38 bits per heavy atom. The molecule has 2 N–H and O–H groups in total. The summed E-state index contributed by atoms with van der Waals surface area (Å²) >= 11 is 0.941. The molecule has 4 nitrogen and oxygen atoms in total. The minimum Gasteiger partial charge on any atom is -0.339 e. The van der Waals surface area contributed by atoms with Crippen molar-refractivity contribution in [3.63, 3.8) is 0 Å². The third kappa shape index (κ3) is 3.59. The summed E-state index contributed by atoms with van der Waals surface area (Å²) < 4.78 is 37.8. The van der Waals surface area contributed by atoms with Crippen molar-refractivity contribution in [2.45, 2.75) is 50.9 Å². The Bertz CT molecular complexity index is 590. The largest absolute Gasteiger partial charge is 0.434 e. The predicted molar refractivity (Wildman–Crippen MR) is 85.1 cm³/mol. The molecule has 0 aliphatic heterocycles. The molecule has 1 amide bonds. The first-order valence-electron chi connectivity index (χ1n) is 8.28. The van der Waals surface area contributed by atoms with Crippen molar-refractivity contribution >= 4 is 17.2 Å². The third-order valence-corrected chi connectivity index (χ3v) is 6.19. The number of halogens is 3. The Balaban J connectivity index is 1.62. The highest BCUT2D eigenvalue weighted by atomic mass is 32.1. The molecular formula is C16H22F3N3OS. The zero-order valence-corrected chi connectivity index (χ0v) is 14.4. The van der Waals surface area contributed by atoms with Crippen LogP contribution >= 0.6 is 11.3 Å². The maximum atomic E-state index is 12.7. The third-order valence-electron chi connectivity index (χ3n) is 5.35. The maximum Gasteiger partial charge on any atom is 0.434 e. The van der Waals surface area contributed by atoms with Gasteiger partial charge < -0.3 is 10.6 Å². The Labute approximate surface area is 143 Å². The minimum absolute atomic E-state index is 0.00237. The van der Waals surface area contributed by atoms with Crippen LogP contribution in [0.4, 0.5) is 13.2 Å². The number of amides is 1. The van der Waals surface area contributed by atoms with Gasteiger partial charge in [-0.25, -0.2) is 4.98 Å². The predicted octanol–water partition coefficient (Wildman–Crippen LogP) is 3.27. The van der Waals surface area contributed by atoms with Crippen molar-refractivity contribution in [3.05, 3.63) is 16.1 Å². The molecule has 0 aromatic carbocycles. The number of carbonyl (C=O) groups is 1. The second kappa shape index (κ2) is 6.63. The van der Waals surface area contributed by atoms with Gasteiger partial charge in [-0.05, 0) is 37.5 Å². The lowest BCUT2D eigenvalue weighted by molar-refractivity contribution is -0.140. The van der Waals surface area contributed by atoms with E-state index in [2.05, 4.69) is 4.98 Å². The van der Waals surface area contributed by atoms with Crippen LogP contribution in [0.15, 0.2) is 5.38 Å². The van der Waals surface area contributed by atoms with Crippen LogP contribution in [0.5, 0.6) is 0 Å². The fraction of sp³-hybridized carbons (Fsp3) is 0.750. The SMILES string of the molecule is CN(Cc1nc(C(F)(F)F)cs1)C(=O)C1CC2CCCC(C1)C2N. The van der Waals surface area contributed by atoms with Crippen molar-refractivity contribution in [2.75, 3.05) is 7.05 Å². The molecular weight excluding hydrogens is 339 g/mol. The molecule has 2 saturated carbocycles. The normalized spacial score (nSPS) is 30.2. The van der Waals surface area contributed by atoms with Gasteiger partial charge in [0, 0.05) is 24.4 Å². The van der Waals surface area contributed by atoms with Crippen molar-refractivity contribution in [2.24, 2.45) is 23.5 Å². The van der Waals surface area contributed by atoms with E-state index >= 15 is 0 Å². The van der Waals surface area contributed by atoms with Crippen LogP contribution in [0.3, 0.4) is 0 Å². The highest BCUT2D eigenvalue weighted by molar-refractivity contribution is 7.09.